The monoisotopic (exact) mass is 463 g/mol. The topological polar surface area (TPSA) is 78.2 Å². The quantitative estimate of drug-likeness (QED) is 0.706. The van der Waals surface area contributed by atoms with Crippen LogP contribution >= 0.6 is 0 Å². The Hall–Kier alpha value is -2.47. The number of aliphatic hydroxyl groups is 1. The van der Waals surface area contributed by atoms with Gasteiger partial charge in [0.25, 0.3) is 0 Å². The Morgan fingerprint density at radius 2 is 1.91 bits per heavy atom. The van der Waals surface area contributed by atoms with Crippen molar-refractivity contribution in [2.45, 2.75) is 38.8 Å². The van der Waals surface area contributed by atoms with E-state index in [2.05, 4.69) is 28.9 Å². The molecule has 0 spiro atoms. The molecule has 34 heavy (non-hydrogen) atoms. The van der Waals surface area contributed by atoms with Crippen molar-refractivity contribution in [2.24, 2.45) is 0 Å². The number of ether oxygens (including phenoxy) is 3. The Bertz CT molecular complexity index is 1090. The molecule has 3 aliphatic rings. The van der Waals surface area contributed by atoms with Crippen molar-refractivity contribution in [3.05, 3.63) is 63.2 Å². The summed E-state index contributed by atoms with van der Waals surface area (Å²) in [4.78, 5) is 5.02. The number of nitriles is 1. The lowest BCUT2D eigenvalue weighted by atomic mass is 9.94. The fourth-order valence-electron chi connectivity index (χ4n) is 5.45. The number of nitrogens with zero attached hydrogens (tertiary/aromatic N) is 3. The van der Waals surface area contributed by atoms with Crippen molar-refractivity contribution in [3.8, 4) is 11.8 Å². The average molecular weight is 464 g/mol. The van der Waals surface area contributed by atoms with Crippen molar-refractivity contribution >= 4 is 0 Å². The summed E-state index contributed by atoms with van der Waals surface area (Å²) in [6.45, 7) is 9.36. The fourth-order valence-corrected chi connectivity index (χ4v) is 5.45. The first kappa shape index (κ1) is 23.3. The van der Waals surface area contributed by atoms with E-state index >= 15 is 0 Å². The smallest absolute Gasteiger partial charge is 0.181 e. The Balaban J connectivity index is 1.16. The van der Waals surface area contributed by atoms with Crippen LogP contribution in [0.2, 0.25) is 0 Å². The van der Waals surface area contributed by atoms with Crippen LogP contribution in [0.3, 0.4) is 0 Å². The Morgan fingerprint density at radius 3 is 2.68 bits per heavy atom. The van der Waals surface area contributed by atoms with Crippen molar-refractivity contribution in [3.63, 3.8) is 0 Å². The number of hydrogen-bond acceptors (Lipinski definition) is 7. The van der Waals surface area contributed by atoms with Crippen LogP contribution in [0, 0.1) is 18.3 Å². The van der Waals surface area contributed by atoms with Gasteiger partial charge in [-0.2, -0.15) is 5.26 Å². The van der Waals surface area contributed by atoms with E-state index in [0.29, 0.717) is 24.5 Å². The molecular formula is C27H33N3O4. The van der Waals surface area contributed by atoms with Gasteiger partial charge in [-0.05, 0) is 59.7 Å². The molecule has 0 aromatic heterocycles. The van der Waals surface area contributed by atoms with E-state index in [1.54, 1.807) is 7.11 Å². The Labute approximate surface area is 201 Å². The summed E-state index contributed by atoms with van der Waals surface area (Å²) in [5.41, 5.74) is 7.63. The summed E-state index contributed by atoms with van der Waals surface area (Å²) in [6, 6.07) is 10.4. The number of hydrogen-bond donors (Lipinski definition) is 1. The van der Waals surface area contributed by atoms with Gasteiger partial charge in [-0.15, -0.1) is 0 Å². The summed E-state index contributed by atoms with van der Waals surface area (Å²) in [5, 5.41) is 19.3. The predicted molar refractivity (Wildman–Crippen MR) is 128 cm³/mol. The zero-order valence-electron chi connectivity index (χ0n) is 20.0. The highest BCUT2D eigenvalue weighted by atomic mass is 16.6. The normalized spacial score (nSPS) is 22.8. The lowest BCUT2D eigenvalue weighted by Crippen LogP contribution is -2.48. The largest absolute Gasteiger partial charge is 0.495 e. The van der Waals surface area contributed by atoms with Gasteiger partial charge in [-0.25, -0.2) is 0 Å². The third kappa shape index (κ3) is 4.57. The number of aliphatic hydroxyl groups excluding tert-OH is 1. The first-order valence-corrected chi connectivity index (χ1v) is 12.2. The molecule has 0 saturated carbocycles. The highest BCUT2D eigenvalue weighted by Crippen LogP contribution is 2.34. The second kappa shape index (κ2) is 10.0. The predicted octanol–water partition coefficient (Wildman–Crippen LogP) is 2.87. The molecule has 5 rings (SSSR count). The van der Waals surface area contributed by atoms with Crippen LogP contribution in [-0.2, 0) is 28.9 Å². The van der Waals surface area contributed by atoms with Crippen LogP contribution in [0.25, 0.3) is 0 Å². The number of benzene rings is 2. The van der Waals surface area contributed by atoms with Crippen LogP contribution in [0.4, 0.5) is 0 Å². The number of piperazine rings is 1. The molecule has 1 N–H and O–H groups in total. The second-order valence-electron chi connectivity index (χ2n) is 9.45. The molecule has 1 saturated heterocycles. The maximum Gasteiger partial charge on any atom is 0.181 e. The summed E-state index contributed by atoms with van der Waals surface area (Å²) >= 11 is 0. The molecule has 0 bridgehead atoms. The van der Waals surface area contributed by atoms with E-state index < -0.39 is 6.29 Å². The number of rotatable bonds is 6. The van der Waals surface area contributed by atoms with E-state index in [1.165, 1.54) is 16.7 Å². The zero-order valence-corrected chi connectivity index (χ0v) is 20.0. The fraction of sp³-hybridized carbons (Fsp3) is 0.519. The molecule has 180 valence electrons. The number of fused-ring (bicyclic) bond motifs is 2. The molecular weight excluding hydrogens is 430 g/mol. The van der Waals surface area contributed by atoms with Gasteiger partial charge < -0.3 is 24.2 Å². The van der Waals surface area contributed by atoms with Gasteiger partial charge in [0.15, 0.2) is 6.29 Å². The van der Waals surface area contributed by atoms with Gasteiger partial charge in [-0.1, -0.05) is 12.1 Å². The average Bonchev–Trinajstić information content (AvgIpc) is 3.25. The zero-order chi connectivity index (χ0) is 23.7. The lowest BCUT2D eigenvalue weighted by Gasteiger charge is -2.37. The van der Waals surface area contributed by atoms with E-state index in [4.69, 9.17) is 14.2 Å². The third-order valence-corrected chi connectivity index (χ3v) is 7.60. The molecule has 2 unspecified atom stereocenters. The van der Waals surface area contributed by atoms with Gasteiger partial charge in [0.05, 0.1) is 32.0 Å². The maximum absolute atomic E-state index is 9.91. The highest BCUT2D eigenvalue weighted by Gasteiger charge is 2.28. The van der Waals surface area contributed by atoms with E-state index in [0.717, 1.165) is 68.8 Å². The van der Waals surface area contributed by atoms with Crippen LogP contribution < -0.4 is 4.74 Å². The van der Waals surface area contributed by atoms with E-state index in [1.807, 2.05) is 18.2 Å². The minimum Gasteiger partial charge on any atom is -0.495 e. The third-order valence-electron chi connectivity index (χ3n) is 7.60. The highest BCUT2D eigenvalue weighted by molar-refractivity contribution is 5.50. The minimum atomic E-state index is -0.773. The van der Waals surface area contributed by atoms with Crippen molar-refractivity contribution in [1.82, 2.24) is 9.80 Å². The lowest BCUT2D eigenvalue weighted by molar-refractivity contribution is -0.0918. The summed E-state index contributed by atoms with van der Waals surface area (Å²) < 4.78 is 17.0. The molecule has 2 aromatic carbocycles. The van der Waals surface area contributed by atoms with E-state index in [-0.39, 0.29) is 6.10 Å². The second-order valence-corrected chi connectivity index (χ2v) is 9.45. The molecule has 0 aliphatic carbocycles. The van der Waals surface area contributed by atoms with Crippen LogP contribution in [0.15, 0.2) is 24.3 Å². The first-order chi connectivity index (χ1) is 16.6. The number of methoxy groups -OCH3 is 1. The minimum absolute atomic E-state index is 0.0172. The molecule has 1 fully saturated rings. The molecule has 2 atom stereocenters. The van der Waals surface area contributed by atoms with Gasteiger partial charge >= 0.3 is 0 Å². The van der Waals surface area contributed by atoms with Crippen molar-refractivity contribution < 1.29 is 19.3 Å². The first-order valence-electron chi connectivity index (χ1n) is 12.2. The van der Waals surface area contributed by atoms with Gasteiger partial charge in [0, 0.05) is 44.8 Å². The standard InChI is InChI=1S/C27H33N3O4/c1-18-19(3-4-22-24(18)17-34-27(22)31)5-7-29-8-10-30(11-9-29)16-26-23-14-25(32-2)21(15-28)13-20(23)6-12-33-26/h3-4,13-14,26-27,31H,5-12,16-17H2,1-2H3. The molecule has 0 amide bonds. The van der Waals surface area contributed by atoms with Crippen LogP contribution in [0.5, 0.6) is 5.75 Å². The summed E-state index contributed by atoms with van der Waals surface area (Å²) in [5.74, 6) is 0.629. The van der Waals surface area contributed by atoms with Crippen molar-refractivity contribution in [2.75, 3.05) is 53.0 Å². The molecule has 7 heteroatoms. The summed E-state index contributed by atoms with van der Waals surface area (Å²) in [6.07, 6.45) is 1.09. The SMILES string of the molecule is COc1cc2c(cc1C#N)CCOC2CN1CCN(CCc2ccc3c(c2C)COC3O)CC1. The Kier molecular flexibility index (Phi) is 6.87. The molecule has 0 radical (unpaired) electrons. The van der Waals surface area contributed by atoms with E-state index in [9.17, 15) is 10.4 Å². The van der Waals surface area contributed by atoms with Crippen molar-refractivity contribution in [1.29, 1.82) is 5.26 Å². The van der Waals surface area contributed by atoms with Crippen LogP contribution in [-0.4, -0.2) is 67.9 Å². The van der Waals surface area contributed by atoms with Gasteiger partial charge in [0.1, 0.15) is 11.8 Å². The molecule has 3 heterocycles. The summed E-state index contributed by atoms with van der Waals surface area (Å²) in [7, 11) is 1.61. The van der Waals surface area contributed by atoms with Gasteiger partial charge in [0.2, 0.25) is 0 Å². The maximum atomic E-state index is 9.91. The molecule has 3 aliphatic heterocycles. The van der Waals surface area contributed by atoms with Gasteiger partial charge in [-0.3, -0.25) is 4.90 Å². The van der Waals surface area contributed by atoms with Crippen LogP contribution in [0.1, 0.15) is 51.3 Å². The molecule has 2 aromatic rings. The molecule has 7 nitrogen and oxygen atoms in total. The Morgan fingerprint density at radius 1 is 1.12 bits per heavy atom.